The minimum Gasteiger partial charge on any atom is -0.493 e. The molecule has 0 aromatic heterocycles. The van der Waals surface area contributed by atoms with Crippen LogP contribution in [0.25, 0.3) is 0 Å². The number of amides is 2. The fourth-order valence-electron chi connectivity index (χ4n) is 2.26. The highest BCUT2D eigenvalue weighted by atomic mass is 35.5. The fourth-order valence-corrected chi connectivity index (χ4v) is 2.53. The Morgan fingerprint density at radius 2 is 1.96 bits per heavy atom. The summed E-state index contributed by atoms with van der Waals surface area (Å²) in [4.78, 5) is 10.6. The number of carbonyl (C=O) groups excluding carboxylic acids is 1. The maximum Gasteiger partial charge on any atom is 0.332 e. The molecular weight excluding hydrogens is 370 g/mol. The molecule has 0 aliphatic heterocycles. The van der Waals surface area contributed by atoms with Crippen molar-refractivity contribution in [2.24, 2.45) is 10.8 Å². The quantitative estimate of drug-likeness (QED) is 0.388. The Hall–Kier alpha value is -2.93. The van der Waals surface area contributed by atoms with Gasteiger partial charge in [0.25, 0.3) is 0 Å². The van der Waals surface area contributed by atoms with Crippen molar-refractivity contribution in [1.82, 2.24) is 5.43 Å². The SMILES string of the molecule is COc1cc(/C=N\NC(N)=O)cc(Cl)c1OCCCOc1ccccc1C. The van der Waals surface area contributed by atoms with Crippen LogP contribution in [0.2, 0.25) is 5.02 Å². The normalized spacial score (nSPS) is 10.6. The van der Waals surface area contributed by atoms with Crippen LogP contribution in [0.1, 0.15) is 17.5 Å². The summed E-state index contributed by atoms with van der Waals surface area (Å²) in [6.45, 7) is 2.94. The minimum atomic E-state index is -0.753. The zero-order valence-electron chi connectivity index (χ0n) is 15.2. The van der Waals surface area contributed by atoms with Crippen LogP contribution in [-0.4, -0.2) is 32.6 Å². The number of methoxy groups -OCH3 is 1. The lowest BCUT2D eigenvalue weighted by Gasteiger charge is -2.14. The van der Waals surface area contributed by atoms with Gasteiger partial charge in [-0.1, -0.05) is 29.8 Å². The molecule has 3 N–H and O–H groups in total. The second-order valence-electron chi connectivity index (χ2n) is 5.58. The zero-order valence-corrected chi connectivity index (χ0v) is 16.0. The predicted molar refractivity (Wildman–Crippen MR) is 105 cm³/mol. The molecule has 0 unspecified atom stereocenters. The number of primary amides is 1. The van der Waals surface area contributed by atoms with E-state index in [0.29, 0.717) is 41.7 Å². The number of rotatable bonds is 9. The summed E-state index contributed by atoms with van der Waals surface area (Å²) in [6.07, 6.45) is 2.08. The molecule has 8 heteroatoms. The van der Waals surface area contributed by atoms with Crippen molar-refractivity contribution in [3.63, 3.8) is 0 Å². The third-order valence-electron chi connectivity index (χ3n) is 3.53. The van der Waals surface area contributed by atoms with E-state index in [1.54, 1.807) is 12.1 Å². The topological polar surface area (TPSA) is 95.2 Å². The van der Waals surface area contributed by atoms with E-state index in [-0.39, 0.29) is 0 Å². The number of aryl methyl sites for hydroxylation is 1. The number of hydrogen-bond acceptors (Lipinski definition) is 5. The van der Waals surface area contributed by atoms with Gasteiger partial charge >= 0.3 is 6.03 Å². The van der Waals surface area contributed by atoms with Gasteiger partial charge in [0.05, 0.1) is 31.6 Å². The molecule has 0 aliphatic rings. The summed E-state index contributed by atoms with van der Waals surface area (Å²) in [5.74, 6) is 1.76. The van der Waals surface area contributed by atoms with Crippen LogP contribution in [0.15, 0.2) is 41.5 Å². The Morgan fingerprint density at radius 3 is 2.67 bits per heavy atom. The standard InChI is InChI=1S/C19H22ClN3O4/c1-13-6-3-4-7-16(13)26-8-5-9-27-18-15(20)10-14(11-17(18)25-2)12-22-23-19(21)24/h3-4,6-7,10-12H,5,8-9H2,1-2H3,(H3,21,23,24)/b22-12-. The first-order valence-electron chi connectivity index (χ1n) is 8.28. The molecule has 7 nitrogen and oxygen atoms in total. The maximum atomic E-state index is 10.6. The Labute approximate surface area is 163 Å². The molecule has 0 heterocycles. The van der Waals surface area contributed by atoms with Crippen molar-refractivity contribution in [3.8, 4) is 17.2 Å². The third-order valence-corrected chi connectivity index (χ3v) is 3.81. The monoisotopic (exact) mass is 391 g/mol. The molecule has 0 saturated carbocycles. The van der Waals surface area contributed by atoms with E-state index >= 15 is 0 Å². The van der Waals surface area contributed by atoms with Crippen LogP contribution in [0.4, 0.5) is 4.79 Å². The molecule has 27 heavy (non-hydrogen) atoms. The second-order valence-corrected chi connectivity index (χ2v) is 5.99. The average molecular weight is 392 g/mol. The number of para-hydroxylation sites is 1. The predicted octanol–water partition coefficient (Wildman–Crippen LogP) is 3.51. The van der Waals surface area contributed by atoms with Crippen LogP contribution >= 0.6 is 11.6 Å². The van der Waals surface area contributed by atoms with E-state index in [1.807, 2.05) is 31.2 Å². The largest absolute Gasteiger partial charge is 0.493 e. The minimum absolute atomic E-state index is 0.370. The van der Waals surface area contributed by atoms with Gasteiger partial charge in [-0.2, -0.15) is 5.10 Å². The first kappa shape index (κ1) is 20.4. The van der Waals surface area contributed by atoms with E-state index in [4.69, 9.17) is 31.5 Å². The zero-order chi connectivity index (χ0) is 19.6. The van der Waals surface area contributed by atoms with Gasteiger partial charge in [-0.25, -0.2) is 10.2 Å². The van der Waals surface area contributed by atoms with Gasteiger partial charge in [0, 0.05) is 6.42 Å². The number of urea groups is 1. The molecule has 144 valence electrons. The number of ether oxygens (including phenoxy) is 3. The summed E-state index contributed by atoms with van der Waals surface area (Å²) in [6, 6.07) is 10.4. The molecule has 2 rings (SSSR count). The fraction of sp³-hybridized carbons (Fsp3) is 0.263. The Kier molecular flexibility index (Phi) is 7.76. The molecule has 0 aliphatic carbocycles. The molecule has 0 radical (unpaired) electrons. The number of carbonyl (C=O) groups is 1. The van der Waals surface area contributed by atoms with Crippen molar-refractivity contribution >= 4 is 23.8 Å². The molecular formula is C19H22ClN3O4. The van der Waals surface area contributed by atoms with Crippen molar-refractivity contribution in [3.05, 3.63) is 52.5 Å². The summed E-state index contributed by atoms with van der Waals surface area (Å²) >= 11 is 6.27. The molecule has 0 spiro atoms. The molecule has 0 fully saturated rings. The lowest BCUT2D eigenvalue weighted by molar-refractivity contribution is 0.240. The van der Waals surface area contributed by atoms with E-state index in [9.17, 15) is 4.79 Å². The highest BCUT2D eigenvalue weighted by Crippen LogP contribution is 2.36. The first-order valence-corrected chi connectivity index (χ1v) is 8.66. The number of hydrazone groups is 1. The summed E-state index contributed by atoms with van der Waals surface area (Å²) in [5, 5.41) is 4.06. The van der Waals surface area contributed by atoms with Gasteiger partial charge in [-0.15, -0.1) is 0 Å². The molecule has 2 aromatic carbocycles. The summed E-state index contributed by atoms with van der Waals surface area (Å²) < 4.78 is 16.8. The van der Waals surface area contributed by atoms with Crippen LogP contribution in [-0.2, 0) is 0 Å². The molecule has 0 atom stereocenters. The van der Waals surface area contributed by atoms with Gasteiger partial charge in [0.15, 0.2) is 11.5 Å². The van der Waals surface area contributed by atoms with Crippen LogP contribution in [0, 0.1) is 6.92 Å². The smallest absolute Gasteiger partial charge is 0.332 e. The average Bonchev–Trinajstić information content (AvgIpc) is 2.63. The van der Waals surface area contributed by atoms with Crippen molar-refractivity contribution in [2.45, 2.75) is 13.3 Å². The maximum absolute atomic E-state index is 10.6. The van der Waals surface area contributed by atoms with Gasteiger partial charge in [0.1, 0.15) is 5.75 Å². The highest BCUT2D eigenvalue weighted by Gasteiger charge is 2.11. The van der Waals surface area contributed by atoms with Gasteiger partial charge in [-0.3, -0.25) is 0 Å². The van der Waals surface area contributed by atoms with Crippen LogP contribution in [0.5, 0.6) is 17.2 Å². The number of nitrogens with one attached hydrogen (secondary N) is 1. The lowest BCUT2D eigenvalue weighted by atomic mass is 10.2. The van der Waals surface area contributed by atoms with Crippen LogP contribution in [0.3, 0.4) is 0 Å². The van der Waals surface area contributed by atoms with E-state index in [2.05, 4.69) is 10.5 Å². The van der Waals surface area contributed by atoms with Crippen LogP contribution < -0.4 is 25.4 Å². The number of nitrogens with zero attached hydrogens (tertiary/aromatic N) is 1. The van der Waals surface area contributed by atoms with E-state index in [1.165, 1.54) is 13.3 Å². The molecule has 0 bridgehead atoms. The van der Waals surface area contributed by atoms with Crippen molar-refractivity contribution in [2.75, 3.05) is 20.3 Å². The lowest BCUT2D eigenvalue weighted by Crippen LogP contribution is -2.24. The first-order chi connectivity index (χ1) is 13.0. The van der Waals surface area contributed by atoms with E-state index < -0.39 is 6.03 Å². The number of halogens is 1. The summed E-state index contributed by atoms with van der Waals surface area (Å²) in [7, 11) is 1.52. The Morgan fingerprint density at radius 1 is 1.22 bits per heavy atom. The van der Waals surface area contributed by atoms with E-state index in [0.717, 1.165) is 11.3 Å². The molecule has 2 aromatic rings. The molecule has 0 saturated heterocycles. The Balaban J connectivity index is 1.90. The number of hydrogen-bond donors (Lipinski definition) is 2. The molecule has 2 amide bonds. The number of benzene rings is 2. The van der Waals surface area contributed by atoms with Gasteiger partial charge in [0.2, 0.25) is 0 Å². The summed E-state index contributed by atoms with van der Waals surface area (Å²) in [5.41, 5.74) is 8.77. The number of nitrogens with two attached hydrogens (primary N) is 1. The van der Waals surface area contributed by atoms with Crippen molar-refractivity contribution < 1.29 is 19.0 Å². The third kappa shape index (κ3) is 6.38. The highest BCUT2D eigenvalue weighted by molar-refractivity contribution is 6.32. The second kappa shape index (κ2) is 10.3. The van der Waals surface area contributed by atoms with Gasteiger partial charge in [-0.05, 0) is 36.2 Å². The van der Waals surface area contributed by atoms with Gasteiger partial charge < -0.3 is 19.9 Å². The Bertz CT molecular complexity index is 812. The van der Waals surface area contributed by atoms with Crippen molar-refractivity contribution in [1.29, 1.82) is 0 Å².